The van der Waals surface area contributed by atoms with Crippen molar-refractivity contribution in [2.24, 2.45) is 0 Å². The highest BCUT2D eigenvalue weighted by Gasteiger charge is 2.38. The zero-order valence-corrected chi connectivity index (χ0v) is 5.65. The average molecular weight is 127 g/mol. The van der Waals surface area contributed by atoms with Gasteiger partial charge >= 0.3 is 0 Å². The molecule has 2 fully saturated rings. The van der Waals surface area contributed by atoms with Crippen LogP contribution < -0.4 is 5.48 Å². The van der Waals surface area contributed by atoms with Gasteiger partial charge in [0.1, 0.15) is 0 Å². The molecule has 2 nitrogen and oxygen atoms in total. The summed E-state index contributed by atoms with van der Waals surface area (Å²) in [5.41, 5.74) is 3.23. The topological polar surface area (TPSA) is 21.3 Å². The highest BCUT2D eigenvalue weighted by Crippen LogP contribution is 2.37. The minimum atomic E-state index is 0.278. The molecule has 2 aliphatic rings. The molecule has 0 bridgehead atoms. The van der Waals surface area contributed by atoms with E-state index in [1.165, 1.54) is 32.1 Å². The normalized spacial score (nSPS) is 32.0. The summed E-state index contributed by atoms with van der Waals surface area (Å²) in [6, 6.07) is 0. The van der Waals surface area contributed by atoms with Gasteiger partial charge in [-0.1, -0.05) is 12.8 Å². The molecule has 0 amide bonds. The van der Waals surface area contributed by atoms with E-state index in [1.54, 1.807) is 0 Å². The number of nitrogens with one attached hydrogen (secondary N) is 1. The molecule has 0 aromatic heterocycles. The molecule has 1 aliphatic carbocycles. The van der Waals surface area contributed by atoms with Gasteiger partial charge in [0.15, 0.2) is 0 Å². The van der Waals surface area contributed by atoms with Gasteiger partial charge in [-0.2, -0.15) is 0 Å². The smallest absolute Gasteiger partial charge is 0.0909 e. The Balaban J connectivity index is 2.04. The minimum Gasteiger partial charge on any atom is -0.295 e. The maximum Gasteiger partial charge on any atom is 0.0909 e. The number of rotatable bonds is 0. The Morgan fingerprint density at radius 2 is 1.89 bits per heavy atom. The Hall–Kier alpha value is -0.0800. The molecule has 0 aromatic rings. The molecule has 1 spiro atoms. The molecule has 1 saturated heterocycles. The molecule has 2 rings (SSSR count). The van der Waals surface area contributed by atoms with Gasteiger partial charge < -0.3 is 0 Å². The predicted molar refractivity (Wildman–Crippen MR) is 34.9 cm³/mol. The van der Waals surface area contributed by atoms with E-state index in [9.17, 15) is 0 Å². The van der Waals surface area contributed by atoms with Crippen LogP contribution in [0.4, 0.5) is 0 Å². The first kappa shape index (κ1) is 5.69. The molecular formula is C7H13NO. The van der Waals surface area contributed by atoms with Gasteiger partial charge in [0, 0.05) is 6.54 Å². The number of hydrogen-bond donors (Lipinski definition) is 1. The first-order valence-corrected chi connectivity index (χ1v) is 3.82. The first-order valence-electron chi connectivity index (χ1n) is 3.82. The van der Waals surface area contributed by atoms with Gasteiger partial charge in [0.2, 0.25) is 0 Å². The largest absolute Gasteiger partial charge is 0.295 e. The van der Waals surface area contributed by atoms with Crippen LogP contribution in [-0.2, 0) is 4.84 Å². The fourth-order valence-electron chi connectivity index (χ4n) is 1.91. The highest BCUT2D eigenvalue weighted by atomic mass is 16.7. The van der Waals surface area contributed by atoms with E-state index in [2.05, 4.69) is 5.48 Å². The molecule has 1 heterocycles. The van der Waals surface area contributed by atoms with E-state index < -0.39 is 0 Å². The van der Waals surface area contributed by atoms with Crippen LogP contribution in [0.2, 0.25) is 0 Å². The monoisotopic (exact) mass is 127 g/mol. The summed E-state index contributed by atoms with van der Waals surface area (Å²) in [4.78, 5) is 5.45. The van der Waals surface area contributed by atoms with Crippen LogP contribution in [0.1, 0.15) is 32.1 Å². The Labute approximate surface area is 55.5 Å². The second-order valence-corrected chi connectivity index (χ2v) is 3.14. The molecule has 2 heteroatoms. The Morgan fingerprint density at radius 3 is 2.44 bits per heavy atom. The second kappa shape index (κ2) is 1.96. The Bertz CT molecular complexity index is 84.0. The van der Waals surface area contributed by atoms with Crippen molar-refractivity contribution in [2.75, 3.05) is 6.54 Å². The summed E-state index contributed by atoms with van der Waals surface area (Å²) in [6.07, 6.45) is 6.51. The molecule has 9 heavy (non-hydrogen) atoms. The fourth-order valence-corrected chi connectivity index (χ4v) is 1.91. The van der Waals surface area contributed by atoms with Crippen molar-refractivity contribution in [1.29, 1.82) is 0 Å². The van der Waals surface area contributed by atoms with Crippen molar-refractivity contribution in [3.63, 3.8) is 0 Å². The van der Waals surface area contributed by atoms with Crippen LogP contribution in [0.5, 0.6) is 0 Å². The van der Waals surface area contributed by atoms with E-state index in [0.717, 1.165) is 6.54 Å². The van der Waals surface area contributed by atoms with E-state index in [-0.39, 0.29) is 5.60 Å². The molecule has 0 radical (unpaired) electrons. The van der Waals surface area contributed by atoms with Crippen LogP contribution in [0.3, 0.4) is 0 Å². The summed E-state index contributed by atoms with van der Waals surface area (Å²) in [7, 11) is 0. The molecule has 0 atom stereocenters. The molecule has 1 N–H and O–H groups in total. The molecule has 0 aromatic carbocycles. The maximum absolute atomic E-state index is 5.45. The van der Waals surface area contributed by atoms with Gasteiger partial charge in [-0.15, -0.1) is 0 Å². The van der Waals surface area contributed by atoms with Crippen LogP contribution >= 0.6 is 0 Å². The highest BCUT2D eigenvalue weighted by molar-refractivity contribution is 4.88. The number of hydrogen-bond acceptors (Lipinski definition) is 2. The minimum absolute atomic E-state index is 0.278. The van der Waals surface area contributed by atoms with E-state index in [0.29, 0.717) is 0 Å². The van der Waals surface area contributed by atoms with Crippen molar-refractivity contribution in [2.45, 2.75) is 37.7 Å². The van der Waals surface area contributed by atoms with Crippen molar-refractivity contribution < 1.29 is 4.84 Å². The van der Waals surface area contributed by atoms with E-state index in [4.69, 9.17) is 4.84 Å². The molecule has 1 saturated carbocycles. The Morgan fingerprint density at radius 1 is 1.11 bits per heavy atom. The van der Waals surface area contributed by atoms with Crippen molar-refractivity contribution in [1.82, 2.24) is 5.48 Å². The zero-order valence-electron chi connectivity index (χ0n) is 5.65. The fraction of sp³-hybridized carbons (Fsp3) is 1.00. The Kier molecular flexibility index (Phi) is 1.24. The average Bonchev–Trinajstić information content (AvgIpc) is 2.45. The van der Waals surface area contributed by atoms with Gasteiger partial charge in [-0.05, 0) is 19.3 Å². The van der Waals surface area contributed by atoms with Gasteiger partial charge in [-0.25, -0.2) is 5.48 Å². The SMILES string of the molecule is C1CCC2(C1)CCNO2. The first-order chi connectivity index (χ1) is 4.41. The third-order valence-electron chi connectivity index (χ3n) is 2.49. The zero-order chi connectivity index (χ0) is 6.16. The summed E-state index contributed by atoms with van der Waals surface area (Å²) in [6.45, 7) is 1.06. The van der Waals surface area contributed by atoms with Crippen LogP contribution in [0.25, 0.3) is 0 Å². The molecule has 0 unspecified atom stereocenters. The van der Waals surface area contributed by atoms with Crippen molar-refractivity contribution in [3.05, 3.63) is 0 Å². The van der Waals surface area contributed by atoms with Crippen molar-refractivity contribution >= 4 is 0 Å². The van der Waals surface area contributed by atoms with E-state index in [1.807, 2.05) is 0 Å². The lowest BCUT2D eigenvalue weighted by Crippen LogP contribution is -2.24. The van der Waals surface area contributed by atoms with Gasteiger partial charge in [0.25, 0.3) is 0 Å². The van der Waals surface area contributed by atoms with Crippen molar-refractivity contribution in [3.8, 4) is 0 Å². The second-order valence-electron chi connectivity index (χ2n) is 3.14. The summed E-state index contributed by atoms with van der Waals surface area (Å²) in [5.74, 6) is 0. The van der Waals surface area contributed by atoms with Crippen LogP contribution in [0, 0.1) is 0 Å². The van der Waals surface area contributed by atoms with Crippen LogP contribution in [0.15, 0.2) is 0 Å². The third kappa shape index (κ3) is 0.864. The maximum atomic E-state index is 5.45. The number of hydroxylamine groups is 1. The third-order valence-corrected chi connectivity index (χ3v) is 2.49. The predicted octanol–water partition coefficient (Wildman–Crippen LogP) is 1.22. The molecular weight excluding hydrogens is 114 g/mol. The van der Waals surface area contributed by atoms with Crippen LogP contribution in [-0.4, -0.2) is 12.1 Å². The lowest BCUT2D eigenvalue weighted by molar-refractivity contribution is -0.0474. The quantitative estimate of drug-likeness (QED) is 0.528. The lowest BCUT2D eigenvalue weighted by Gasteiger charge is -2.18. The molecule has 1 aliphatic heterocycles. The lowest BCUT2D eigenvalue weighted by atomic mass is 9.99. The van der Waals surface area contributed by atoms with Gasteiger partial charge in [0.05, 0.1) is 5.60 Å². The summed E-state index contributed by atoms with van der Waals surface area (Å²) in [5, 5.41) is 0. The summed E-state index contributed by atoms with van der Waals surface area (Å²) >= 11 is 0. The van der Waals surface area contributed by atoms with E-state index >= 15 is 0 Å². The standard InChI is InChI=1S/C7H13NO/c1-2-4-7(3-1)5-6-8-9-7/h8H,1-6H2. The molecule has 52 valence electrons. The summed E-state index contributed by atoms with van der Waals surface area (Å²) < 4.78 is 0. The van der Waals surface area contributed by atoms with Gasteiger partial charge in [-0.3, -0.25) is 4.84 Å².